The Balaban J connectivity index is 1.61. The average molecular weight is 460 g/mol. The molecule has 0 radical (unpaired) electrons. The van der Waals surface area contributed by atoms with E-state index < -0.39 is 0 Å². The van der Waals surface area contributed by atoms with Crippen LogP contribution in [0.15, 0.2) is 134 Å². The van der Waals surface area contributed by atoms with Gasteiger partial charge in [-0.25, -0.2) is 0 Å². The molecule has 0 bridgehead atoms. The first-order chi connectivity index (χ1) is 17.9. The van der Waals surface area contributed by atoms with Crippen molar-refractivity contribution in [3.05, 3.63) is 139 Å². The predicted octanol–water partition coefficient (Wildman–Crippen LogP) is 8.98. The van der Waals surface area contributed by atoms with Crippen LogP contribution in [0.3, 0.4) is 0 Å². The van der Waals surface area contributed by atoms with Gasteiger partial charge in [-0.3, -0.25) is 0 Å². The van der Waals surface area contributed by atoms with Crippen molar-refractivity contribution in [3.63, 3.8) is 0 Å². The number of allylic oxidation sites excluding steroid dienone is 2. The summed E-state index contributed by atoms with van der Waals surface area (Å²) in [5.74, 6) is 0. The minimum absolute atomic E-state index is 0.880. The lowest BCUT2D eigenvalue weighted by atomic mass is 9.84. The fourth-order valence-electron chi connectivity index (χ4n) is 5.75. The van der Waals surface area contributed by atoms with Crippen molar-refractivity contribution in [3.8, 4) is 22.3 Å². The van der Waals surface area contributed by atoms with Crippen molar-refractivity contribution in [2.75, 3.05) is 6.54 Å². The molecule has 0 atom stereocenters. The first-order valence-corrected chi connectivity index (χ1v) is 12.5. The molecule has 6 aromatic rings. The van der Waals surface area contributed by atoms with Gasteiger partial charge in [0, 0.05) is 12.7 Å². The summed E-state index contributed by atoms with van der Waals surface area (Å²) in [7, 11) is 0. The maximum Gasteiger partial charge on any atom is 0.0328 e. The average Bonchev–Trinajstić information content (AvgIpc) is 2.96. The predicted molar refractivity (Wildman–Crippen MR) is 155 cm³/mol. The van der Waals surface area contributed by atoms with Gasteiger partial charge in [-0.15, -0.1) is 0 Å². The van der Waals surface area contributed by atoms with Gasteiger partial charge in [-0.1, -0.05) is 127 Å². The lowest BCUT2D eigenvalue weighted by Gasteiger charge is -2.19. The van der Waals surface area contributed by atoms with Crippen LogP contribution in [-0.2, 0) is 0 Å². The van der Waals surface area contributed by atoms with Crippen LogP contribution in [0.4, 0.5) is 0 Å². The topological polar surface area (TPSA) is 12.0 Å². The molecule has 1 nitrogen and oxygen atoms in total. The second kappa shape index (κ2) is 8.55. The van der Waals surface area contributed by atoms with E-state index in [-0.39, 0.29) is 0 Å². The summed E-state index contributed by atoms with van der Waals surface area (Å²) in [6.07, 6.45) is 6.53. The zero-order valence-corrected chi connectivity index (χ0v) is 19.9. The molecule has 0 spiro atoms. The second-order valence-corrected chi connectivity index (χ2v) is 9.32. The van der Waals surface area contributed by atoms with Crippen LogP contribution in [0.5, 0.6) is 0 Å². The van der Waals surface area contributed by atoms with Crippen LogP contribution >= 0.6 is 0 Å². The summed E-state index contributed by atoms with van der Waals surface area (Å²) in [4.78, 5) is 0. The van der Waals surface area contributed by atoms with Crippen LogP contribution in [0, 0.1) is 0 Å². The van der Waals surface area contributed by atoms with E-state index in [9.17, 15) is 0 Å². The van der Waals surface area contributed by atoms with Crippen LogP contribution < -0.4 is 5.32 Å². The number of hydrogen-bond acceptors (Lipinski definition) is 1. The normalized spacial score (nSPS) is 13.2. The summed E-state index contributed by atoms with van der Waals surface area (Å²) < 4.78 is 0. The smallest absolute Gasteiger partial charge is 0.0328 e. The van der Waals surface area contributed by atoms with Gasteiger partial charge in [-0.2, -0.15) is 0 Å². The zero-order chi connectivity index (χ0) is 23.9. The Hall–Kier alpha value is -4.62. The van der Waals surface area contributed by atoms with E-state index in [0.717, 1.165) is 6.54 Å². The third kappa shape index (κ3) is 3.25. The zero-order valence-electron chi connectivity index (χ0n) is 19.9. The number of rotatable bonds is 3. The molecule has 1 aliphatic heterocycles. The SMILES string of the molecule is C1=CC(c2cccc3c(-c4c5ccccc5c(-c5ccccc5)c5ccccc45)cccc23)=CNC1. The Labute approximate surface area is 211 Å². The largest absolute Gasteiger partial charge is 0.387 e. The third-order valence-electron chi connectivity index (χ3n) is 7.29. The van der Waals surface area contributed by atoms with Gasteiger partial charge in [0.15, 0.2) is 0 Å². The van der Waals surface area contributed by atoms with Crippen molar-refractivity contribution in [1.82, 2.24) is 5.32 Å². The fourth-order valence-corrected chi connectivity index (χ4v) is 5.75. The first-order valence-electron chi connectivity index (χ1n) is 12.5. The van der Waals surface area contributed by atoms with Crippen LogP contribution in [0.25, 0.3) is 60.1 Å². The molecule has 170 valence electrons. The summed E-state index contributed by atoms with van der Waals surface area (Å²) in [5.41, 5.74) is 7.60. The molecule has 0 amide bonds. The lowest BCUT2D eigenvalue weighted by molar-refractivity contribution is 0.977. The van der Waals surface area contributed by atoms with E-state index in [2.05, 4.69) is 139 Å². The van der Waals surface area contributed by atoms with Crippen molar-refractivity contribution < 1.29 is 0 Å². The number of dihydropyridines is 1. The Morgan fingerprint density at radius 1 is 0.444 bits per heavy atom. The summed E-state index contributed by atoms with van der Waals surface area (Å²) in [6, 6.07) is 41.9. The molecule has 7 rings (SSSR count). The fraction of sp³-hybridized carbons (Fsp3) is 0.0286. The monoisotopic (exact) mass is 459 g/mol. The van der Waals surface area contributed by atoms with E-state index in [1.807, 2.05) is 0 Å². The molecule has 0 aliphatic carbocycles. The molecule has 1 N–H and O–H groups in total. The maximum absolute atomic E-state index is 3.37. The Bertz CT molecular complexity index is 1770. The van der Waals surface area contributed by atoms with E-state index in [4.69, 9.17) is 0 Å². The van der Waals surface area contributed by atoms with Crippen LogP contribution in [0.1, 0.15) is 5.56 Å². The van der Waals surface area contributed by atoms with E-state index in [1.165, 1.54) is 65.7 Å². The Kier molecular flexibility index (Phi) is 4.92. The van der Waals surface area contributed by atoms with Crippen LogP contribution in [-0.4, -0.2) is 6.54 Å². The number of benzene rings is 6. The highest BCUT2D eigenvalue weighted by Gasteiger charge is 2.18. The van der Waals surface area contributed by atoms with Gasteiger partial charge in [0.1, 0.15) is 0 Å². The molecule has 0 aromatic heterocycles. The summed E-state index contributed by atoms with van der Waals surface area (Å²) in [6.45, 7) is 0.880. The molecule has 1 heteroatoms. The van der Waals surface area contributed by atoms with E-state index in [1.54, 1.807) is 0 Å². The standard InChI is InChI=1S/C35H25N/c1-2-11-24(12-3-1)34-30-14-4-6-16-32(30)35(33-17-7-5-15-31(33)34)29-21-9-19-27-26(18-8-20-28(27)29)25-13-10-22-36-23-25/h1-21,23,36H,22H2. The highest BCUT2D eigenvalue weighted by Crippen LogP contribution is 2.45. The van der Waals surface area contributed by atoms with E-state index >= 15 is 0 Å². The minimum atomic E-state index is 0.880. The summed E-state index contributed by atoms with van der Waals surface area (Å²) in [5, 5.41) is 11.1. The molecule has 1 heterocycles. The molecule has 0 saturated heterocycles. The minimum Gasteiger partial charge on any atom is -0.387 e. The summed E-state index contributed by atoms with van der Waals surface area (Å²) >= 11 is 0. The van der Waals surface area contributed by atoms with Gasteiger partial charge < -0.3 is 5.32 Å². The molecule has 0 fully saturated rings. The molecule has 1 aliphatic rings. The van der Waals surface area contributed by atoms with Crippen molar-refractivity contribution in [2.24, 2.45) is 0 Å². The van der Waals surface area contributed by atoms with Gasteiger partial charge in [0.05, 0.1) is 0 Å². The molecular formula is C35H25N. The quantitative estimate of drug-likeness (QED) is 0.260. The van der Waals surface area contributed by atoms with Crippen molar-refractivity contribution in [2.45, 2.75) is 0 Å². The van der Waals surface area contributed by atoms with Crippen molar-refractivity contribution >= 4 is 37.9 Å². The first kappa shape index (κ1) is 20.7. The van der Waals surface area contributed by atoms with Crippen LogP contribution in [0.2, 0.25) is 0 Å². The highest BCUT2D eigenvalue weighted by atomic mass is 14.8. The maximum atomic E-state index is 3.37. The van der Waals surface area contributed by atoms with Gasteiger partial charge >= 0.3 is 0 Å². The third-order valence-corrected chi connectivity index (χ3v) is 7.29. The molecule has 6 aromatic carbocycles. The lowest BCUT2D eigenvalue weighted by Crippen LogP contribution is -2.08. The Morgan fingerprint density at radius 2 is 0.972 bits per heavy atom. The molecule has 0 unspecified atom stereocenters. The van der Waals surface area contributed by atoms with E-state index in [0.29, 0.717) is 0 Å². The number of fused-ring (bicyclic) bond motifs is 3. The highest BCUT2D eigenvalue weighted by molar-refractivity contribution is 6.23. The number of hydrogen-bond donors (Lipinski definition) is 1. The molecule has 36 heavy (non-hydrogen) atoms. The Morgan fingerprint density at radius 3 is 1.58 bits per heavy atom. The van der Waals surface area contributed by atoms with Crippen molar-refractivity contribution in [1.29, 1.82) is 0 Å². The molecule has 0 saturated carbocycles. The van der Waals surface area contributed by atoms with Gasteiger partial charge in [0.2, 0.25) is 0 Å². The second-order valence-electron chi connectivity index (χ2n) is 9.32. The number of nitrogens with one attached hydrogen (secondary N) is 1. The molecular weight excluding hydrogens is 434 g/mol. The van der Waals surface area contributed by atoms with Gasteiger partial charge in [-0.05, 0) is 65.7 Å². The van der Waals surface area contributed by atoms with Gasteiger partial charge in [0.25, 0.3) is 0 Å².